The molecule has 3 aromatic carbocycles. The Kier molecular flexibility index (Phi) is 3.75. The average molecular weight is 353 g/mol. The largest absolute Gasteiger partial charge is 0.329 e. The number of carbonyl (C=O) groups is 1. The maximum absolute atomic E-state index is 13.5. The summed E-state index contributed by atoms with van der Waals surface area (Å²) in [5.41, 5.74) is 4.06. The molecule has 1 unspecified atom stereocenters. The smallest absolute Gasteiger partial charge is 0.251 e. The quantitative estimate of drug-likeness (QED) is 0.554. The summed E-state index contributed by atoms with van der Waals surface area (Å²) in [6, 6.07) is 27.8. The van der Waals surface area contributed by atoms with Crippen molar-refractivity contribution >= 4 is 16.9 Å². The molecule has 2 heterocycles. The minimum Gasteiger partial charge on any atom is -0.329 e. The van der Waals surface area contributed by atoms with Crippen molar-refractivity contribution in [2.45, 2.75) is 19.1 Å². The molecule has 0 saturated carbocycles. The monoisotopic (exact) mass is 353 g/mol. The Bertz CT molecular complexity index is 1100. The molecule has 1 amide bonds. The number of fused-ring (bicyclic) bond motifs is 3. The second-order valence-electron chi connectivity index (χ2n) is 6.88. The van der Waals surface area contributed by atoms with Gasteiger partial charge in [-0.2, -0.15) is 0 Å². The zero-order chi connectivity index (χ0) is 18.2. The van der Waals surface area contributed by atoms with Gasteiger partial charge in [-0.1, -0.05) is 72.8 Å². The summed E-state index contributed by atoms with van der Waals surface area (Å²) in [7, 11) is 0. The molecule has 1 aliphatic rings. The number of imidazole rings is 1. The van der Waals surface area contributed by atoms with E-state index in [9.17, 15) is 4.79 Å². The van der Waals surface area contributed by atoms with Gasteiger partial charge in [-0.05, 0) is 23.3 Å². The summed E-state index contributed by atoms with van der Waals surface area (Å²) in [5, 5.41) is 0. The van der Waals surface area contributed by atoms with E-state index in [-0.39, 0.29) is 11.9 Å². The topological polar surface area (TPSA) is 38.1 Å². The molecule has 0 radical (unpaired) electrons. The van der Waals surface area contributed by atoms with E-state index >= 15 is 0 Å². The van der Waals surface area contributed by atoms with Crippen LogP contribution in [0.5, 0.6) is 0 Å². The van der Waals surface area contributed by atoms with Gasteiger partial charge in [0.05, 0.1) is 17.6 Å². The van der Waals surface area contributed by atoms with Crippen LogP contribution in [-0.2, 0) is 17.9 Å². The zero-order valence-corrected chi connectivity index (χ0v) is 14.8. The first kappa shape index (κ1) is 15.8. The predicted octanol–water partition coefficient (Wildman–Crippen LogP) is 4.17. The molecule has 0 spiro atoms. The Morgan fingerprint density at radius 2 is 1.52 bits per heavy atom. The second kappa shape index (κ2) is 6.40. The van der Waals surface area contributed by atoms with Crippen LogP contribution >= 0.6 is 0 Å². The number of carbonyl (C=O) groups excluding carboxylic acids is 1. The summed E-state index contributed by atoms with van der Waals surface area (Å²) in [5.74, 6) is 1.04. The van der Waals surface area contributed by atoms with Gasteiger partial charge < -0.3 is 9.47 Å². The van der Waals surface area contributed by atoms with Gasteiger partial charge in [0.1, 0.15) is 11.9 Å². The molecule has 1 atom stereocenters. The predicted molar refractivity (Wildman–Crippen MR) is 105 cm³/mol. The maximum atomic E-state index is 13.5. The fraction of sp³-hybridized carbons (Fsp3) is 0.130. The third-order valence-corrected chi connectivity index (χ3v) is 5.14. The zero-order valence-electron chi connectivity index (χ0n) is 14.8. The van der Waals surface area contributed by atoms with Crippen molar-refractivity contribution < 1.29 is 4.79 Å². The van der Waals surface area contributed by atoms with E-state index in [0.717, 1.165) is 28.0 Å². The number of aromatic nitrogens is 2. The first-order valence-corrected chi connectivity index (χ1v) is 9.15. The molecule has 4 heteroatoms. The number of hydrogen-bond donors (Lipinski definition) is 0. The Morgan fingerprint density at radius 3 is 2.30 bits per heavy atom. The Morgan fingerprint density at radius 1 is 0.852 bits per heavy atom. The lowest BCUT2D eigenvalue weighted by molar-refractivity contribution is -0.136. The van der Waals surface area contributed by atoms with Gasteiger partial charge in [0.25, 0.3) is 5.91 Å². The van der Waals surface area contributed by atoms with Crippen molar-refractivity contribution in [1.29, 1.82) is 0 Å². The molecule has 0 bridgehead atoms. The van der Waals surface area contributed by atoms with E-state index in [0.29, 0.717) is 13.1 Å². The van der Waals surface area contributed by atoms with Gasteiger partial charge in [0.2, 0.25) is 0 Å². The van der Waals surface area contributed by atoms with E-state index in [1.807, 2.05) is 77.7 Å². The van der Waals surface area contributed by atoms with Crippen molar-refractivity contribution in [1.82, 2.24) is 14.5 Å². The molecule has 0 saturated heterocycles. The Hall–Kier alpha value is -3.40. The number of para-hydroxylation sites is 2. The van der Waals surface area contributed by atoms with Crippen molar-refractivity contribution in [2.24, 2.45) is 0 Å². The summed E-state index contributed by atoms with van der Waals surface area (Å²) in [6.45, 7) is 1.11. The summed E-state index contributed by atoms with van der Waals surface area (Å²) in [6.07, 6.45) is 0. The molecule has 4 nitrogen and oxygen atoms in total. The van der Waals surface area contributed by atoms with Gasteiger partial charge in [-0.25, -0.2) is 4.98 Å². The summed E-state index contributed by atoms with van der Waals surface area (Å²) < 4.78 is 2.11. The molecule has 0 fully saturated rings. The van der Waals surface area contributed by atoms with E-state index in [2.05, 4.69) is 16.7 Å². The molecule has 27 heavy (non-hydrogen) atoms. The lowest BCUT2D eigenvalue weighted by Gasteiger charge is -2.34. The van der Waals surface area contributed by atoms with Gasteiger partial charge in [0, 0.05) is 6.54 Å². The van der Waals surface area contributed by atoms with Crippen LogP contribution in [0.1, 0.15) is 23.0 Å². The first-order chi connectivity index (χ1) is 13.3. The Balaban J connectivity index is 1.65. The van der Waals surface area contributed by atoms with Crippen molar-refractivity contribution in [3.05, 3.63) is 102 Å². The van der Waals surface area contributed by atoms with Crippen LogP contribution in [0.25, 0.3) is 11.0 Å². The first-order valence-electron chi connectivity index (χ1n) is 9.15. The third-order valence-electron chi connectivity index (χ3n) is 5.14. The molecule has 1 aliphatic heterocycles. The SMILES string of the molecule is O=C1C(c2ccccc2)n2c(nc3ccccc32)CN1Cc1ccccc1. The minimum atomic E-state index is -0.383. The normalized spacial score (nSPS) is 16.5. The third kappa shape index (κ3) is 2.70. The average Bonchev–Trinajstić information content (AvgIpc) is 3.08. The minimum absolute atomic E-state index is 0.112. The van der Waals surface area contributed by atoms with Crippen LogP contribution in [0.3, 0.4) is 0 Å². The van der Waals surface area contributed by atoms with E-state index < -0.39 is 0 Å². The van der Waals surface area contributed by atoms with Crippen molar-refractivity contribution in [3.8, 4) is 0 Å². The molecule has 1 aromatic heterocycles. The standard InChI is InChI=1S/C23H19N3O/c27-23-22(18-11-5-2-6-12-18)26-20-14-8-7-13-19(20)24-21(26)16-25(23)15-17-9-3-1-4-10-17/h1-14,22H,15-16H2. The van der Waals surface area contributed by atoms with Gasteiger partial charge in [0.15, 0.2) is 0 Å². The lowest BCUT2D eigenvalue weighted by atomic mass is 10.0. The highest BCUT2D eigenvalue weighted by Crippen LogP contribution is 2.33. The molecular formula is C23H19N3O. The fourth-order valence-corrected chi connectivity index (χ4v) is 3.89. The molecule has 0 N–H and O–H groups in total. The van der Waals surface area contributed by atoms with Crippen molar-refractivity contribution in [3.63, 3.8) is 0 Å². The van der Waals surface area contributed by atoms with Gasteiger partial charge >= 0.3 is 0 Å². The van der Waals surface area contributed by atoms with E-state index in [1.165, 1.54) is 0 Å². The van der Waals surface area contributed by atoms with Crippen LogP contribution in [0, 0.1) is 0 Å². The number of hydrogen-bond acceptors (Lipinski definition) is 2. The fourth-order valence-electron chi connectivity index (χ4n) is 3.89. The van der Waals surface area contributed by atoms with Gasteiger partial charge in [-0.3, -0.25) is 4.79 Å². The number of amides is 1. The summed E-state index contributed by atoms with van der Waals surface area (Å²) >= 11 is 0. The summed E-state index contributed by atoms with van der Waals surface area (Å²) in [4.78, 5) is 20.2. The van der Waals surface area contributed by atoms with E-state index in [4.69, 9.17) is 4.98 Å². The van der Waals surface area contributed by atoms with Crippen LogP contribution < -0.4 is 0 Å². The molecule has 4 aromatic rings. The maximum Gasteiger partial charge on any atom is 0.251 e. The number of rotatable bonds is 3. The van der Waals surface area contributed by atoms with Crippen LogP contribution in [0.2, 0.25) is 0 Å². The number of nitrogens with zero attached hydrogens (tertiary/aromatic N) is 3. The molecule has 0 aliphatic carbocycles. The molecule has 132 valence electrons. The lowest BCUT2D eigenvalue weighted by Crippen LogP contribution is -2.42. The highest BCUT2D eigenvalue weighted by molar-refractivity contribution is 5.88. The number of benzene rings is 3. The molecular weight excluding hydrogens is 334 g/mol. The van der Waals surface area contributed by atoms with Crippen molar-refractivity contribution in [2.75, 3.05) is 0 Å². The van der Waals surface area contributed by atoms with Crippen LogP contribution in [-0.4, -0.2) is 20.4 Å². The van der Waals surface area contributed by atoms with E-state index in [1.54, 1.807) is 0 Å². The molecule has 5 rings (SSSR count). The highest BCUT2D eigenvalue weighted by atomic mass is 16.2. The highest BCUT2D eigenvalue weighted by Gasteiger charge is 2.36. The van der Waals surface area contributed by atoms with Gasteiger partial charge in [-0.15, -0.1) is 0 Å². The van der Waals surface area contributed by atoms with Crippen LogP contribution in [0.4, 0.5) is 0 Å². The Labute approximate surface area is 157 Å². The van der Waals surface area contributed by atoms with Crippen LogP contribution in [0.15, 0.2) is 84.9 Å². The second-order valence-corrected chi connectivity index (χ2v) is 6.88.